The molecule has 0 saturated heterocycles. The van der Waals surface area contributed by atoms with Gasteiger partial charge in [0.15, 0.2) is 0 Å². The summed E-state index contributed by atoms with van der Waals surface area (Å²) in [6, 6.07) is 52.7. The molecule has 0 atom stereocenters. The van der Waals surface area contributed by atoms with Crippen LogP contribution in [0, 0.1) is 0 Å². The molecule has 0 aliphatic carbocycles. The van der Waals surface area contributed by atoms with Gasteiger partial charge >= 0.3 is 274 Å². The minimum atomic E-state index is 0.248. The summed E-state index contributed by atoms with van der Waals surface area (Å²) in [6.07, 6.45) is 0. The number of rotatable bonds is 3. The topological polar surface area (TPSA) is 3.24 Å². The maximum absolute atomic E-state index is 2.60. The van der Waals surface area contributed by atoms with Crippen molar-refractivity contribution < 1.29 is 0 Å². The second kappa shape index (κ2) is 9.83. The molecule has 3 aromatic heterocycles. The van der Waals surface area contributed by atoms with E-state index in [1.54, 1.807) is 0 Å². The molecule has 1 nitrogen and oxygen atoms in total. The summed E-state index contributed by atoms with van der Waals surface area (Å²) in [6.45, 7) is 0. The average molecular weight is 755 g/mol. The molecule has 0 aliphatic heterocycles. The Morgan fingerprint density at radius 1 is 0.341 bits per heavy atom. The fourth-order valence-corrected chi connectivity index (χ4v) is 14.5. The number of anilines is 3. The van der Waals surface area contributed by atoms with Crippen LogP contribution in [0.15, 0.2) is 140 Å². The van der Waals surface area contributed by atoms with Crippen LogP contribution in [0.4, 0.5) is 17.1 Å². The fourth-order valence-electron chi connectivity index (χ4n) is 6.86. The zero-order chi connectivity index (χ0) is 28.8. The summed E-state index contributed by atoms with van der Waals surface area (Å²) < 4.78 is 8.94. The summed E-state index contributed by atoms with van der Waals surface area (Å²) in [4.78, 5) is 2.60. The van der Waals surface area contributed by atoms with Gasteiger partial charge in [-0.3, -0.25) is 0 Å². The Labute approximate surface area is 271 Å². The minimum absolute atomic E-state index is 0.248. The van der Waals surface area contributed by atoms with Crippen molar-refractivity contribution in [1.29, 1.82) is 0 Å². The van der Waals surface area contributed by atoms with Crippen molar-refractivity contribution in [2.24, 2.45) is 0 Å². The molecular weight excluding hydrogens is 731 g/mol. The van der Waals surface area contributed by atoms with Gasteiger partial charge in [0.05, 0.1) is 0 Å². The van der Waals surface area contributed by atoms with E-state index in [1.807, 2.05) is 0 Å². The zero-order valence-corrected chi connectivity index (χ0v) is 28.6. The van der Waals surface area contributed by atoms with E-state index in [9.17, 15) is 0 Å². The van der Waals surface area contributed by atoms with Crippen LogP contribution in [0.2, 0.25) is 0 Å². The van der Waals surface area contributed by atoms with Crippen LogP contribution >= 0.6 is 0 Å². The molecule has 0 spiro atoms. The first kappa shape index (κ1) is 25.5. The molecule has 0 amide bonds. The molecule has 44 heavy (non-hydrogen) atoms. The van der Waals surface area contributed by atoms with Gasteiger partial charge in [-0.05, 0) is 0 Å². The van der Waals surface area contributed by atoms with Gasteiger partial charge in [0, 0.05) is 0 Å². The van der Waals surface area contributed by atoms with Crippen molar-refractivity contribution in [3.8, 4) is 0 Å². The van der Waals surface area contributed by atoms with Crippen LogP contribution in [0.25, 0.3) is 68.7 Å². The van der Waals surface area contributed by atoms with E-state index in [0.717, 1.165) is 0 Å². The van der Waals surface area contributed by atoms with E-state index in [0.29, 0.717) is 14.5 Å². The first-order valence-electron chi connectivity index (χ1n) is 14.8. The van der Waals surface area contributed by atoms with Crippen LogP contribution in [0.5, 0.6) is 0 Å². The third-order valence-electron chi connectivity index (χ3n) is 8.85. The van der Waals surface area contributed by atoms with Crippen LogP contribution in [-0.2, 0) is 0 Å². The molecule has 0 fully saturated rings. The average Bonchev–Trinajstić information content (AvgIpc) is 3.77. The van der Waals surface area contributed by atoms with Crippen molar-refractivity contribution in [2.45, 2.75) is 0 Å². The standard InChI is InChI=1S/C40H23NSe3/c1-2-10-26-24(9-1)19-21-31-32-23-25(20-22-37(32)42-38(26)31)41(33-15-7-13-29-27-11-3-5-17-35(27)43-39(29)33)34-16-8-14-30-28-12-4-6-18-36(28)44-40(30)34/h1-23H. The molecule has 0 unspecified atom stereocenters. The third-order valence-corrected chi connectivity index (χ3v) is 16.5. The van der Waals surface area contributed by atoms with Gasteiger partial charge in [0.1, 0.15) is 0 Å². The van der Waals surface area contributed by atoms with Crippen molar-refractivity contribution in [1.82, 2.24) is 0 Å². The summed E-state index contributed by atoms with van der Waals surface area (Å²) in [5.74, 6) is 0. The number of hydrogen-bond donors (Lipinski definition) is 0. The normalized spacial score (nSPS) is 12.1. The second-order valence-corrected chi connectivity index (χ2v) is 17.9. The van der Waals surface area contributed by atoms with Crippen LogP contribution in [-0.4, -0.2) is 43.5 Å². The number of benzene rings is 7. The first-order valence-corrected chi connectivity index (χ1v) is 19.9. The SMILES string of the molecule is c1ccc2c(c1)ccc1c3cc(N(c4cccc5c4[se]c4ccccc45)c4cccc5c4[se]c4ccccc45)ccc3[se]c21. The molecule has 10 rings (SSSR count). The molecule has 0 saturated carbocycles. The molecule has 0 radical (unpaired) electrons. The third kappa shape index (κ3) is 3.71. The van der Waals surface area contributed by atoms with E-state index in [-0.39, 0.29) is 29.0 Å². The first-order chi connectivity index (χ1) is 21.8. The van der Waals surface area contributed by atoms with E-state index < -0.39 is 0 Å². The zero-order valence-electron chi connectivity index (χ0n) is 23.5. The fraction of sp³-hybridized carbons (Fsp3) is 0. The molecule has 3 heterocycles. The van der Waals surface area contributed by atoms with Gasteiger partial charge in [-0.2, -0.15) is 0 Å². The molecule has 206 valence electrons. The Bertz CT molecular complexity index is 2630. The molecule has 7 aromatic carbocycles. The Hall–Kier alpha value is -3.84. The van der Waals surface area contributed by atoms with Crippen LogP contribution in [0.3, 0.4) is 0 Å². The Morgan fingerprint density at radius 2 is 0.864 bits per heavy atom. The van der Waals surface area contributed by atoms with Crippen LogP contribution in [0.1, 0.15) is 0 Å². The monoisotopic (exact) mass is 757 g/mol. The van der Waals surface area contributed by atoms with E-state index in [4.69, 9.17) is 0 Å². The molecule has 0 N–H and O–H groups in total. The molecule has 4 heteroatoms. The predicted molar refractivity (Wildman–Crippen MR) is 194 cm³/mol. The van der Waals surface area contributed by atoms with Gasteiger partial charge < -0.3 is 0 Å². The van der Waals surface area contributed by atoms with Crippen molar-refractivity contribution >= 4 is 129 Å². The van der Waals surface area contributed by atoms with E-state index in [2.05, 4.69) is 144 Å². The molecule has 10 aromatic rings. The quantitative estimate of drug-likeness (QED) is 0.162. The van der Waals surface area contributed by atoms with Gasteiger partial charge in [0.25, 0.3) is 0 Å². The van der Waals surface area contributed by atoms with Crippen molar-refractivity contribution in [2.75, 3.05) is 4.90 Å². The summed E-state index contributed by atoms with van der Waals surface area (Å²) in [5, 5.41) is 11.1. The molecular formula is C40H23NSe3. The Morgan fingerprint density at radius 3 is 1.55 bits per heavy atom. The second-order valence-electron chi connectivity index (χ2n) is 11.3. The number of hydrogen-bond acceptors (Lipinski definition) is 1. The van der Waals surface area contributed by atoms with E-state index >= 15 is 0 Å². The Kier molecular flexibility index (Phi) is 5.69. The van der Waals surface area contributed by atoms with Gasteiger partial charge in [0.2, 0.25) is 0 Å². The summed E-state index contributed by atoms with van der Waals surface area (Å²) >= 11 is 0.794. The predicted octanol–water partition coefficient (Wildman–Crippen LogP) is 10.4. The summed E-state index contributed by atoms with van der Waals surface area (Å²) in [5.41, 5.74) is 3.89. The Balaban J connectivity index is 1.30. The molecule has 0 aliphatic rings. The van der Waals surface area contributed by atoms with E-state index in [1.165, 1.54) is 85.7 Å². The summed E-state index contributed by atoms with van der Waals surface area (Å²) in [7, 11) is 0. The molecule has 0 bridgehead atoms. The van der Waals surface area contributed by atoms with Gasteiger partial charge in [-0.15, -0.1) is 0 Å². The van der Waals surface area contributed by atoms with Crippen LogP contribution < -0.4 is 4.90 Å². The van der Waals surface area contributed by atoms with Crippen molar-refractivity contribution in [3.05, 3.63) is 140 Å². The number of nitrogens with zero attached hydrogens (tertiary/aromatic N) is 1. The van der Waals surface area contributed by atoms with Crippen molar-refractivity contribution in [3.63, 3.8) is 0 Å². The van der Waals surface area contributed by atoms with Gasteiger partial charge in [-0.1, -0.05) is 0 Å². The number of fused-ring (bicyclic) bond motifs is 11. The maximum atomic E-state index is 2.60. The van der Waals surface area contributed by atoms with Gasteiger partial charge in [-0.25, -0.2) is 0 Å².